The number of benzene rings is 1. The van der Waals surface area contributed by atoms with E-state index in [0.29, 0.717) is 12.0 Å². The molecule has 1 fully saturated rings. The van der Waals surface area contributed by atoms with Gasteiger partial charge in [0, 0.05) is 6.10 Å². The van der Waals surface area contributed by atoms with Crippen LogP contribution in [0.15, 0.2) is 24.3 Å². The maximum Gasteiger partial charge on any atom is 0.192 e. The van der Waals surface area contributed by atoms with Crippen molar-refractivity contribution >= 4 is 8.32 Å². The lowest BCUT2D eigenvalue weighted by Crippen LogP contribution is -2.45. The Morgan fingerprint density at radius 3 is 2.25 bits per heavy atom. The van der Waals surface area contributed by atoms with E-state index < -0.39 is 8.32 Å². The summed E-state index contributed by atoms with van der Waals surface area (Å²) in [5, 5.41) is 9.78. The van der Waals surface area contributed by atoms with E-state index in [1.807, 2.05) is 6.92 Å². The first-order valence-corrected chi connectivity index (χ1v) is 12.4. The van der Waals surface area contributed by atoms with Crippen molar-refractivity contribution in [2.75, 3.05) is 0 Å². The summed E-state index contributed by atoms with van der Waals surface area (Å²) >= 11 is 0. The van der Waals surface area contributed by atoms with E-state index in [1.165, 1.54) is 30.4 Å². The van der Waals surface area contributed by atoms with Crippen LogP contribution in [0, 0.1) is 5.92 Å². The largest absolute Gasteiger partial charge is 0.414 e. The fraction of sp³-hybridized carbons (Fsp3) is 0.714. The molecule has 1 aromatic carbocycles. The molecule has 2 rings (SSSR count). The monoisotopic (exact) mass is 348 g/mol. The van der Waals surface area contributed by atoms with Crippen LogP contribution < -0.4 is 0 Å². The van der Waals surface area contributed by atoms with Crippen LogP contribution in [-0.4, -0.2) is 25.6 Å². The SMILES string of the molecule is C[C@H](O)Cc1ccc(C[C@H]2CCC[C@@H]2O[Si](C)(C)C(C)(C)C)cc1. The van der Waals surface area contributed by atoms with E-state index in [2.05, 4.69) is 58.1 Å². The number of rotatable bonds is 6. The lowest BCUT2D eigenvalue weighted by molar-refractivity contribution is 0.140. The molecule has 0 aromatic heterocycles. The number of aliphatic hydroxyl groups is 1. The summed E-state index contributed by atoms with van der Waals surface area (Å²) in [5.74, 6) is 0.654. The normalized spacial score (nSPS) is 23.5. The van der Waals surface area contributed by atoms with Gasteiger partial charge < -0.3 is 9.53 Å². The molecule has 0 saturated heterocycles. The molecule has 1 aromatic rings. The summed E-state index contributed by atoms with van der Waals surface area (Å²) in [5.41, 5.74) is 2.62. The fourth-order valence-electron chi connectivity index (χ4n) is 3.40. The van der Waals surface area contributed by atoms with Gasteiger partial charge in [-0.25, -0.2) is 0 Å². The van der Waals surface area contributed by atoms with Crippen LogP contribution in [0.2, 0.25) is 18.1 Å². The predicted molar refractivity (Wildman–Crippen MR) is 105 cm³/mol. The highest BCUT2D eigenvalue weighted by Gasteiger charge is 2.41. The standard InChI is InChI=1S/C21H36O2Si/c1-16(22)14-17-10-12-18(13-11-17)15-19-8-7-9-20(19)23-24(5,6)21(2,3)4/h10-13,16,19-20,22H,7-9,14-15H2,1-6H3/t16-,19+,20-/m0/s1. The van der Waals surface area contributed by atoms with E-state index in [4.69, 9.17) is 4.43 Å². The van der Waals surface area contributed by atoms with Gasteiger partial charge in [0.05, 0.1) is 6.10 Å². The Labute approximate surface area is 149 Å². The van der Waals surface area contributed by atoms with Gasteiger partial charge in [-0.1, -0.05) is 51.5 Å². The Balaban J connectivity index is 1.98. The number of aliphatic hydroxyl groups excluding tert-OH is 1. The summed E-state index contributed by atoms with van der Waals surface area (Å²) in [6.07, 6.45) is 5.82. The molecule has 0 spiro atoms. The van der Waals surface area contributed by atoms with Crippen molar-refractivity contribution in [1.29, 1.82) is 0 Å². The van der Waals surface area contributed by atoms with Gasteiger partial charge in [-0.3, -0.25) is 0 Å². The molecule has 1 aliphatic carbocycles. The summed E-state index contributed by atoms with van der Waals surface area (Å²) in [6.45, 7) is 13.5. The topological polar surface area (TPSA) is 29.5 Å². The molecule has 2 nitrogen and oxygen atoms in total. The van der Waals surface area contributed by atoms with Crippen LogP contribution in [-0.2, 0) is 17.3 Å². The van der Waals surface area contributed by atoms with Crippen LogP contribution in [0.25, 0.3) is 0 Å². The van der Waals surface area contributed by atoms with Crippen molar-refractivity contribution in [1.82, 2.24) is 0 Å². The average Bonchev–Trinajstić information content (AvgIpc) is 2.85. The molecule has 1 saturated carbocycles. The van der Waals surface area contributed by atoms with Crippen LogP contribution in [0.4, 0.5) is 0 Å². The molecule has 1 aliphatic rings. The van der Waals surface area contributed by atoms with Gasteiger partial charge >= 0.3 is 0 Å². The quantitative estimate of drug-likeness (QED) is 0.703. The van der Waals surface area contributed by atoms with Crippen molar-refractivity contribution in [2.24, 2.45) is 5.92 Å². The molecule has 0 heterocycles. The Morgan fingerprint density at radius 1 is 1.12 bits per heavy atom. The van der Waals surface area contributed by atoms with E-state index in [1.54, 1.807) is 0 Å². The minimum atomic E-state index is -1.68. The molecular formula is C21H36O2Si. The number of hydrogen-bond acceptors (Lipinski definition) is 2. The van der Waals surface area contributed by atoms with Gasteiger partial charge in [-0.15, -0.1) is 0 Å². The van der Waals surface area contributed by atoms with Gasteiger partial charge in [0.1, 0.15) is 0 Å². The van der Waals surface area contributed by atoms with Gasteiger partial charge in [-0.2, -0.15) is 0 Å². The molecule has 24 heavy (non-hydrogen) atoms. The van der Waals surface area contributed by atoms with Crippen LogP contribution in [0.1, 0.15) is 58.1 Å². The second kappa shape index (κ2) is 7.71. The maximum atomic E-state index is 9.50. The lowest BCUT2D eigenvalue weighted by atomic mass is 9.95. The van der Waals surface area contributed by atoms with Crippen LogP contribution in [0.3, 0.4) is 0 Å². The Bertz CT molecular complexity index is 514. The van der Waals surface area contributed by atoms with Crippen molar-refractivity contribution in [3.8, 4) is 0 Å². The Kier molecular flexibility index (Phi) is 6.33. The molecule has 1 N–H and O–H groups in total. The van der Waals surface area contributed by atoms with Crippen molar-refractivity contribution < 1.29 is 9.53 Å². The minimum absolute atomic E-state index is 0.270. The zero-order chi connectivity index (χ0) is 18.0. The summed E-state index contributed by atoms with van der Waals surface area (Å²) in [4.78, 5) is 0. The van der Waals surface area contributed by atoms with Gasteiger partial charge in [0.25, 0.3) is 0 Å². The first kappa shape index (κ1) is 19.7. The smallest absolute Gasteiger partial charge is 0.192 e. The van der Waals surface area contributed by atoms with Crippen molar-refractivity contribution in [3.63, 3.8) is 0 Å². The Hall–Kier alpha value is -0.643. The fourth-order valence-corrected chi connectivity index (χ4v) is 4.82. The summed E-state index contributed by atoms with van der Waals surface area (Å²) < 4.78 is 6.73. The van der Waals surface area contributed by atoms with Gasteiger partial charge in [0.2, 0.25) is 0 Å². The molecule has 0 unspecified atom stereocenters. The van der Waals surface area contributed by atoms with Gasteiger partial charge in [-0.05, 0) is 67.8 Å². The molecule has 0 bridgehead atoms. The molecule has 0 amide bonds. The third-order valence-electron chi connectivity index (χ3n) is 5.89. The summed E-state index contributed by atoms with van der Waals surface area (Å²) in [6, 6.07) is 8.81. The third-order valence-corrected chi connectivity index (χ3v) is 10.4. The molecule has 0 radical (unpaired) electrons. The minimum Gasteiger partial charge on any atom is -0.414 e. The van der Waals surface area contributed by atoms with Crippen molar-refractivity contribution in [2.45, 2.75) is 90.1 Å². The third kappa shape index (κ3) is 5.17. The van der Waals surface area contributed by atoms with Gasteiger partial charge in [0.15, 0.2) is 8.32 Å². The Morgan fingerprint density at radius 2 is 1.71 bits per heavy atom. The highest BCUT2D eigenvalue weighted by Crippen LogP contribution is 2.41. The predicted octanol–water partition coefficient (Wildman–Crippen LogP) is 5.34. The van der Waals surface area contributed by atoms with E-state index >= 15 is 0 Å². The molecule has 136 valence electrons. The molecule has 3 atom stereocenters. The second-order valence-corrected chi connectivity index (χ2v) is 13.9. The number of hydrogen-bond donors (Lipinski definition) is 1. The first-order chi connectivity index (χ1) is 11.1. The van der Waals surface area contributed by atoms with Crippen LogP contribution in [0.5, 0.6) is 0 Å². The zero-order valence-electron chi connectivity index (χ0n) is 16.4. The first-order valence-electron chi connectivity index (χ1n) is 9.52. The van der Waals surface area contributed by atoms with E-state index in [-0.39, 0.29) is 11.1 Å². The maximum absolute atomic E-state index is 9.50. The van der Waals surface area contributed by atoms with Crippen molar-refractivity contribution in [3.05, 3.63) is 35.4 Å². The molecule has 3 heteroatoms. The highest BCUT2D eigenvalue weighted by atomic mass is 28.4. The van der Waals surface area contributed by atoms with E-state index in [0.717, 1.165) is 12.8 Å². The van der Waals surface area contributed by atoms with Crippen LogP contribution >= 0.6 is 0 Å². The lowest BCUT2D eigenvalue weighted by Gasteiger charge is -2.40. The molecule has 0 aliphatic heterocycles. The highest BCUT2D eigenvalue weighted by molar-refractivity contribution is 6.74. The molecular weight excluding hydrogens is 312 g/mol. The van der Waals surface area contributed by atoms with E-state index in [9.17, 15) is 5.11 Å². The second-order valence-electron chi connectivity index (χ2n) is 9.18. The summed E-state index contributed by atoms with van der Waals surface area (Å²) in [7, 11) is -1.68. The average molecular weight is 349 g/mol. The zero-order valence-corrected chi connectivity index (χ0v) is 17.4.